The predicted molar refractivity (Wildman–Crippen MR) is 151 cm³/mol. The molecule has 1 aromatic heterocycles. The van der Waals surface area contributed by atoms with Gasteiger partial charge < -0.3 is 35.5 Å². The quantitative estimate of drug-likeness (QED) is 0.438. The summed E-state index contributed by atoms with van der Waals surface area (Å²) in [6, 6.07) is 6.85. The number of primary amides is 1. The topological polar surface area (TPSA) is 127 Å². The molecule has 0 radical (unpaired) electrons. The predicted octanol–water partition coefficient (Wildman–Crippen LogP) is 2.78. The van der Waals surface area contributed by atoms with E-state index in [4.69, 9.17) is 24.9 Å². The maximum atomic E-state index is 12.3. The highest BCUT2D eigenvalue weighted by Crippen LogP contribution is 2.34. The van der Waals surface area contributed by atoms with Crippen LogP contribution in [0.1, 0.15) is 48.8 Å². The SMILES string of the molecule is CCc1nc(C(N)=O)c(Nc2ccc(N3CCN(C4CCOCC4)CC3)c(OC)c2)nc1NC1CCOCC1. The van der Waals surface area contributed by atoms with Crippen LogP contribution in [-0.2, 0) is 15.9 Å². The van der Waals surface area contributed by atoms with Gasteiger partial charge in [0.15, 0.2) is 17.3 Å². The molecule has 2 aromatic rings. The van der Waals surface area contributed by atoms with Crippen molar-refractivity contribution in [1.82, 2.24) is 14.9 Å². The second-order valence-corrected chi connectivity index (χ2v) is 10.3. The van der Waals surface area contributed by atoms with E-state index in [0.29, 0.717) is 43.0 Å². The second kappa shape index (κ2) is 12.8. The van der Waals surface area contributed by atoms with Gasteiger partial charge in [0.25, 0.3) is 5.91 Å². The van der Waals surface area contributed by atoms with E-state index in [9.17, 15) is 4.79 Å². The van der Waals surface area contributed by atoms with E-state index >= 15 is 0 Å². The number of anilines is 4. The van der Waals surface area contributed by atoms with Gasteiger partial charge in [-0.1, -0.05) is 6.92 Å². The summed E-state index contributed by atoms with van der Waals surface area (Å²) in [5.74, 6) is 1.14. The van der Waals surface area contributed by atoms with E-state index in [2.05, 4.69) is 31.5 Å². The number of hydrogen-bond donors (Lipinski definition) is 3. The maximum Gasteiger partial charge on any atom is 0.271 e. The van der Waals surface area contributed by atoms with Gasteiger partial charge in [0, 0.05) is 76.4 Å². The van der Waals surface area contributed by atoms with Crippen LogP contribution in [0.15, 0.2) is 18.2 Å². The minimum atomic E-state index is -0.622. The van der Waals surface area contributed by atoms with Crippen LogP contribution in [0.5, 0.6) is 5.75 Å². The highest BCUT2D eigenvalue weighted by Gasteiger charge is 2.27. The fraction of sp³-hybridized carbons (Fsp3) is 0.607. The molecule has 1 amide bonds. The number of aryl methyl sites for hydroxylation is 1. The van der Waals surface area contributed by atoms with Crippen molar-refractivity contribution in [2.75, 3.05) is 75.2 Å². The monoisotopic (exact) mass is 539 g/mol. The Kier molecular flexibility index (Phi) is 9.00. The van der Waals surface area contributed by atoms with Crippen LogP contribution in [0.25, 0.3) is 0 Å². The first-order chi connectivity index (χ1) is 19.1. The van der Waals surface area contributed by atoms with Gasteiger partial charge >= 0.3 is 0 Å². The number of nitrogens with one attached hydrogen (secondary N) is 2. The maximum absolute atomic E-state index is 12.3. The van der Waals surface area contributed by atoms with Crippen molar-refractivity contribution in [2.45, 2.75) is 51.1 Å². The summed E-state index contributed by atoms with van der Waals surface area (Å²) >= 11 is 0. The van der Waals surface area contributed by atoms with Crippen LogP contribution in [0.2, 0.25) is 0 Å². The third-order valence-electron chi connectivity index (χ3n) is 7.90. The number of benzene rings is 1. The minimum absolute atomic E-state index is 0.122. The summed E-state index contributed by atoms with van der Waals surface area (Å²) in [7, 11) is 1.68. The molecule has 0 saturated carbocycles. The Morgan fingerprint density at radius 2 is 1.72 bits per heavy atom. The normalized spacial score (nSPS) is 19.6. The Bertz CT molecular complexity index is 1130. The lowest BCUT2D eigenvalue weighted by molar-refractivity contribution is 0.0321. The van der Waals surface area contributed by atoms with Crippen molar-refractivity contribution in [3.8, 4) is 5.75 Å². The summed E-state index contributed by atoms with van der Waals surface area (Å²) in [5.41, 5.74) is 8.35. The first-order valence-corrected chi connectivity index (χ1v) is 14.1. The standard InChI is InChI=1S/C28H41N7O4/c1-3-22-27(30-19-6-14-38-15-7-19)33-28(25(32-22)26(29)36)31-20-4-5-23(24(18-20)37-2)35-12-10-34(11-13-35)21-8-16-39-17-9-21/h4-5,18-19,21H,3,6-17H2,1-2H3,(H2,29,36)(H2,30,31,33). The van der Waals surface area contributed by atoms with Gasteiger partial charge in [-0.15, -0.1) is 0 Å². The molecule has 3 aliphatic heterocycles. The second-order valence-electron chi connectivity index (χ2n) is 10.3. The van der Waals surface area contributed by atoms with Crippen molar-refractivity contribution in [1.29, 1.82) is 0 Å². The molecule has 4 N–H and O–H groups in total. The van der Waals surface area contributed by atoms with Crippen LogP contribution in [-0.4, -0.2) is 92.6 Å². The van der Waals surface area contributed by atoms with Gasteiger partial charge in [0.05, 0.1) is 18.5 Å². The molecular formula is C28H41N7O4. The van der Waals surface area contributed by atoms with E-state index in [1.165, 1.54) is 0 Å². The Balaban J connectivity index is 1.32. The largest absolute Gasteiger partial charge is 0.495 e. The molecule has 4 heterocycles. The van der Waals surface area contributed by atoms with E-state index in [-0.39, 0.29) is 11.7 Å². The smallest absolute Gasteiger partial charge is 0.271 e. The van der Waals surface area contributed by atoms with Gasteiger partial charge in [0.2, 0.25) is 0 Å². The van der Waals surface area contributed by atoms with Gasteiger partial charge in [-0.05, 0) is 44.2 Å². The summed E-state index contributed by atoms with van der Waals surface area (Å²) in [6.07, 6.45) is 4.65. The molecule has 0 spiro atoms. The third-order valence-corrected chi connectivity index (χ3v) is 7.90. The lowest BCUT2D eigenvalue weighted by atomic mass is 10.1. The fourth-order valence-corrected chi connectivity index (χ4v) is 5.66. The average Bonchev–Trinajstić information content (AvgIpc) is 2.98. The number of aromatic nitrogens is 2. The van der Waals surface area contributed by atoms with E-state index in [0.717, 1.165) is 82.2 Å². The molecule has 212 valence electrons. The number of amides is 1. The highest BCUT2D eigenvalue weighted by atomic mass is 16.5. The number of nitrogens with two attached hydrogens (primary N) is 1. The number of ether oxygens (including phenoxy) is 3. The fourth-order valence-electron chi connectivity index (χ4n) is 5.66. The van der Waals surface area contributed by atoms with Crippen molar-refractivity contribution >= 4 is 28.9 Å². The zero-order valence-electron chi connectivity index (χ0n) is 23.1. The summed E-state index contributed by atoms with van der Waals surface area (Å²) in [4.78, 5) is 26.6. The number of carbonyl (C=O) groups is 1. The van der Waals surface area contributed by atoms with Crippen LogP contribution >= 0.6 is 0 Å². The third kappa shape index (κ3) is 6.54. The Labute approximate surface area is 230 Å². The molecule has 39 heavy (non-hydrogen) atoms. The first kappa shape index (κ1) is 27.4. The number of piperazine rings is 1. The summed E-state index contributed by atoms with van der Waals surface area (Å²) in [6.45, 7) is 9.09. The molecular weight excluding hydrogens is 498 g/mol. The molecule has 3 aliphatic rings. The molecule has 11 nitrogen and oxygen atoms in total. The minimum Gasteiger partial charge on any atom is -0.495 e. The van der Waals surface area contributed by atoms with Crippen LogP contribution in [0.4, 0.5) is 23.0 Å². The number of carbonyl (C=O) groups excluding carboxylic acids is 1. The molecule has 5 rings (SSSR count). The number of hydrogen-bond acceptors (Lipinski definition) is 10. The Hall–Kier alpha value is -3.15. The summed E-state index contributed by atoms with van der Waals surface area (Å²) in [5, 5.41) is 6.79. The lowest BCUT2D eigenvalue weighted by Gasteiger charge is -2.41. The van der Waals surface area contributed by atoms with E-state index < -0.39 is 5.91 Å². The lowest BCUT2D eigenvalue weighted by Crippen LogP contribution is -2.51. The molecule has 0 aliphatic carbocycles. The van der Waals surface area contributed by atoms with Crippen LogP contribution < -0.4 is 26.0 Å². The van der Waals surface area contributed by atoms with Crippen molar-refractivity contribution in [3.05, 3.63) is 29.6 Å². The van der Waals surface area contributed by atoms with Gasteiger partial charge in [-0.25, -0.2) is 9.97 Å². The van der Waals surface area contributed by atoms with E-state index in [1.807, 2.05) is 19.1 Å². The number of nitrogens with zero attached hydrogens (tertiary/aromatic N) is 4. The highest BCUT2D eigenvalue weighted by molar-refractivity contribution is 5.96. The number of methoxy groups -OCH3 is 1. The Morgan fingerprint density at radius 3 is 2.36 bits per heavy atom. The molecule has 3 saturated heterocycles. The number of rotatable bonds is 9. The van der Waals surface area contributed by atoms with Crippen LogP contribution in [0.3, 0.4) is 0 Å². The van der Waals surface area contributed by atoms with Crippen molar-refractivity contribution in [2.24, 2.45) is 5.73 Å². The molecule has 3 fully saturated rings. The van der Waals surface area contributed by atoms with E-state index in [1.54, 1.807) is 7.11 Å². The van der Waals surface area contributed by atoms with Gasteiger partial charge in [-0.3, -0.25) is 9.69 Å². The first-order valence-electron chi connectivity index (χ1n) is 14.1. The average molecular weight is 540 g/mol. The zero-order chi connectivity index (χ0) is 27.2. The van der Waals surface area contributed by atoms with Crippen molar-refractivity contribution in [3.63, 3.8) is 0 Å². The molecule has 0 unspecified atom stereocenters. The zero-order valence-corrected chi connectivity index (χ0v) is 23.1. The molecule has 1 aromatic carbocycles. The van der Waals surface area contributed by atoms with Crippen LogP contribution in [0, 0.1) is 0 Å². The molecule has 0 atom stereocenters. The summed E-state index contributed by atoms with van der Waals surface area (Å²) < 4.78 is 16.8. The molecule has 11 heteroatoms. The van der Waals surface area contributed by atoms with Gasteiger partial charge in [-0.2, -0.15) is 0 Å². The van der Waals surface area contributed by atoms with Gasteiger partial charge in [0.1, 0.15) is 5.75 Å². The Morgan fingerprint density at radius 1 is 1.03 bits per heavy atom. The van der Waals surface area contributed by atoms with Crippen molar-refractivity contribution < 1.29 is 19.0 Å². The molecule has 0 bridgehead atoms.